The predicted molar refractivity (Wildman–Crippen MR) is 102 cm³/mol. The normalized spacial score (nSPS) is 15.3. The van der Waals surface area contributed by atoms with Gasteiger partial charge in [-0.1, -0.05) is 19.3 Å². The summed E-state index contributed by atoms with van der Waals surface area (Å²) in [5.74, 6) is 3.13. The Bertz CT molecular complexity index is 837. The van der Waals surface area contributed by atoms with E-state index in [2.05, 4.69) is 15.3 Å². The molecule has 1 saturated carbocycles. The fraction of sp³-hybridized carbons (Fsp3) is 0.500. The first-order chi connectivity index (χ1) is 12.7. The van der Waals surface area contributed by atoms with Crippen LogP contribution in [0.1, 0.15) is 49.4 Å². The molecule has 3 rings (SSSR count). The molecule has 1 aliphatic rings. The van der Waals surface area contributed by atoms with Crippen LogP contribution in [0.25, 0.3) is 0 Å². The summed E-state index contributed by atoms with van der Waals surface area (Å²) in [6.07, 6.45) is 7.67. The van der Waals surface area contributed by atoms with Gasteiger partial charge in [-0.3, -0.25) is 5.10 Å². The van der Waals surface area contributed by atoms with Gasteiger partial charge >= 0.3 is 0 Å². The Morgan fingerprint density at radius 2 is 1.73 bits per heavy atom. The first-order valence-electron chi connectivity index (χ1n) is 8.69. The highest BCUT2D eigenvalue weighted by atomic mass is 32.1. The van der Waals surface area contributed by atoms with Gasteiger partial charge in [-0.25, -0.2) is 0 Å². The topological polar surface area (TPSA) is 73.7 Å². The number of rotatable bonds is 6. The summed E-state index contributed by atoms with van der Waals surface area (Å²) in [7, 11) is 4.79. The second-order valence-corrected chi connectivity index (χ2v) is 6.61. The molecule has 0 bridgehead atoms. The lowest BCUT2D eigenvalue weighted by atomic mass is 9.89. The van der Waals surface area contributed by atoms with E-state index in [1.54, 1.807) is 38.3 Å². The lowest BCUT2D eigenvalue weighted by Gasteiger charge is -2.20. The van der Waals surface area contributed by atoms with Crippen molar-refractivity contribution in [3.63, 3.8) is 0 Å². The highest BCUT2D eigenvalue weighted by Crippen LogP contribution is 2.34. The Hall–Kier alpha value is -2.35. The van der Waals surface area contributed by atoms with Gasteiger partial charge in [0.1, 0.15) is 5.75 Å². The lowest BCUT2D eigenvalue weighted by Crippen LogP contribution is -2.10. The Labute approximate surface area is 158 Å². The molecule has 1 aliphatic carbocycles. The summed E-state index contributed by atoms with van der Waals surface area (Å²) in [5, 5.41) is 11.8. The van der Waals surface area contributed by atoms with E-state index in [0.29, 0.717) is 27.9 Å². The number of aromatic amines is 1. The number of benzene rings is 1. The van der Waals surface area contributed by atoms with E-state index < -0.39 is 0 Å². The smallest absolute Gasteiger partial charge is 0.216 e. The van der Waals surface area contributed by atoms with E-state index in [4.69, 9.17) is 26.4 Å². The fourth-order valence-corrected chi connectivity index (χ4v) is 3.50. The molecule has 140 valence electrons. The van der Waals surface area contributed by atoms with Crippen LogP contribution in [0.15, 0.2) is 17.2 Å². The third-order valence-electron chi connectivity index (χ3n) is 4.69. The Morgan fingerprint density at radius 1 is 1.08 bits per heavy atom. The Morgan fingerprint density at radius 3 is 2.38 bits per heavy atom. The summed E-state index contributed by atoms with van der Waals surface area (Å²) < 4.78 is 18.3. The second kappa shape index (κ2) is 8.35. The van der Waals surface area contributed by atoms with Crippen molar-refractivity contribution >= 4 is 18.4 Å². The van der Waals surface area contributed by atoms with Crippen LogP contribution < -0.4 is 14.2 Å². The van der Waals surface area contributed by atoms with Crippen molar-refractivity contribution < 1.29 is 14.2 Å². The zero-order chi connectivity index (χ0) is 18.5. The lowest BCUT2D eigenvalue weighted by molar-refractivity contribution is 0.349. The maximum absolute atomic E-state index is 5.45. The van der Waals surface area contributed by atoms with E-state index >= 15 is 0 Å². The van der Waals surface area contributed by atoms with Crippen LogP contribution in [-0.2, 0) is 0 Å². The number of nitrogens with zero attached hydrogens (tertiary/aromatic N) is 3. The quantitative estimate of drug-likeness (QED) is 0.611. The van der Waals surface area contributed by atoms with Gasteiger partial charge in [0, 0.05) is 17.5 Å². The van der Waals surface area contributed by atoms with Gasteiger partial charge in [0.2, 0.25) is 4.77 Å². The van der Waals surface area contributed by atoms with Crippen LogP contribution >= 0.6 is 12.2 Å². The molecule has 2 aromatic rings. The maximum atomic E-state index is 5.45. The molecule has 0 amide bonds. The van der Waals surface area contributed by atoms with Crippen LogP contribution in [0, 0.1) is 4.77 Å². The number of aromatic nitrogens is 3. The van der Waals surface area contributed by atoms with Crippen LogP contribution in [0.4, 0.5) is 0 Å². The van der Waals surface area contributed by atoms with Crippen LogP contribution in [0.5, 0.6) is 17.2 Å². The molecule has 26 heavy (non-hydrogen) atoms. The van der Waals surface area contributed by atoms with Crippen molar-refractivity contribution in [2.24, 2.45) is 5.10 Å². The summed E-state index contributed by atoms with van der Waals surface area (Å²) in [6, 6.07) is 3.60. The summed E-state index contributed by atoms with van der Waals surface area (Å²) in [5.41, 5.74) is 0.767. The van der Waals surface area contributed by atoms with Crippen molar-refractivity contribution in [2.45, 2.75) is 38.0 Å². The molecule has 1 aromatic heterocycles. The minimum absolute atomic E-state index is 0.390. The average molecular weight is 376 g/mol. The van der Waals surface area contributed by atoms with Gasteiger partial charge < -0.3 is 14.2 Å². The molecule has 1 heterocycles. The Balaban J connectivity index is 1.95. The van der Waals surface area contributed by atoms with Crippen LogP contribution in [0.2, 0.25) is 0 Å². The van der Waals surface area contributed by atoms with Crippen molar-refractivity contribution in [1.82, 2.24) is 14.9 Å². The van der Waals surface area contributed by atoms with E-state index in [1.165, 1.54) is 19.3 Å². The maximum Gasteiger partial charge on any atom is 0.216 e. The van der Waals surface area contributed by atoms with Crippen molar-refractivity contribution in [3.05, 3.63) is 28.3 Å². The number of ether oxygens (including phenoxy) is 3. The molecule has 0 radical (unpaired) electrons. The van der Waals surface area contributed by atoms with Gasteiger partial charge in [-0.15, -0.1) is 0 Å². The predicted octanol–water partition coefficient (Wildman–Crippen LogP) is 3.90. The summed E-state index contributed by atoms with van der Waals surface area (Å²) in [4.78, 5) is 0. The fourth-order valence-electron chi connectivity index (χ4n) is 3.31. The minimum atomic E-state index is 0.390. The molecule has 0 atom stereocenters. The van der Waals surface area contributed by atoms with Crippen LogP contribution in [-0.4, -0.2) is 42.4 Å². The molecule has 1 aromatic carbocycles. The van der Waals surface area contributed by atoms with Gasteiger partial charge in [-0.05, 0) is 31.1 Å². The van der Waals surface area contributed by atoms with Gasteiger partial charge in [0.25, 0.3) is 0 Å². The van der Waals surface area contributed by atoms with Gasteiger partial charge in [0.15, 0.2) is 17.3 Å². The molecule has 0 saturated heterocycles. The molecule has 8 heteroatoms. The third kappa shape index (κ3) is 3.75. The molecular weight excluding hydrogens is 352 g/mol. The third-order valence-corrected chi connectivity index (χ3v) is 4.96. The minimum Gasteiger partial charge on any atom is -0.496 e. The van der Waals surface area contributed by atoms with E-state index in [1.807, 2.05) is 6.07 Å². The van der Waals surface area contributed by atoms with E-state index in [0.717, 1.165) is 24.2 Å². The highest BCUT2D eigenvalue weighted by molar-refractivity contribution is 7.71. The van der Waals surface area contributed by atoms with Gasteiger partial charge in [0.05, 0.1) is 27.5 Å². The van der Waals surface area contributed by atoms with Crippen LogP contribution in [0.3, 0.4) is 0 Å². The average Bonchev–Trinajstić information content (AvgIpc) is 3.06. The standard InChI is InChI=1S/C18H24N4O3S/c1-23-14-10-16(25-3)15(24-2)9-13(14)11-19-22-17(20-21-18(22)26)12-7-5-4-6-8-12/h9-12H,4-8H2,1-3H3,(H,21,26). The summed E-state index contributed by atoms with van der Waals surface area (Å²) >= 11 is 5.36. The molecule has 1 N–H and O–H groups in total. The molecule has 0 aliphatic heterocycles. The van der Waals surface area contributed by atoms with Gasteiger partial charge in [-0.2, -0.15) is 14.9 Å². The SMILES string of the molecule is COc1cc(OC)c(OC)cc1C=Nn1c(C2CCCCC2)n[nH]c1=S. The number of nitrogens with one attached hydrogen (secondary N) is 1. The van der Waals surface area contributed by atoms with Crippen molar-refractivity contribution in [3.8, 4) is 17.2 Å². The highest BCUT2D eigenvalue weighted by Gasteiger charge is 2.21. The molecule has 0 spiro atoms. The number of H-pyrrole nitrogens is 1. The zero-order valence-electron chi connectivity index (χ0n) is 15.3. The second-order valence-electron chi connectivity index (χ2n) is 6.23. The van der Waals surface area contributed by atoms with Crippen molar-refractivity contribution in [1.29, 1.82) is 0 Å². The number of hydrogen-bond donors (Lipinski definition) is 1. The first kappa shape index (κ1) is 18.4. The molecular formula is C18H24N4O3S. The van der Waals surface area contributed by atoms with E-state index in [-0.39, 0.29) is 0 Å². The molecule has 0 unspecified atom stereocenters. The first-order valence-corrected chi connectivity index (χ1v) is 9.10. The van der Waals surface area contributed by atoms with Crippen molar-refractivity contribution in [2.75, 3.05) is 21.3 Å². The largest absolute Gasteiger partial charge is 0.496 e. The molecule has 1 fully saturated rings. The number of methoxy groups -OCH3 is 3. The molecule has 7 nitrogen and oxygen atoms in total. The monoisotopic (exact) mass is 376 g/mol. The zero-order valence-corrected chi connectivity index (χ0v) is 16.1. The Kier molecular flexibility index (Phi) is 5.92. The number of hydrogen-bond acceptors (Lipinski definition) is 6. The summed E-state index contributed by atoms with van der Waals surface area (Å²) in [6.45, 7) is 0. The van der Waals surface area contributed by atoms with E-state index in [9.17, 15) is 0 Å².